The summed E-state index contributed by atoms with van der Waals surface area (Å²) in [6.45, 7) is 0.347. The van der Waals surface area contributed by atoms with Gasteiger partial charge in [-0.1, -0.05) is 24.3 Å². The first kappa shape index (κ1) is 12.6. The van der Waals surface area contributed by atoms with Gasteiger partial charge < -0.3 is 14.8 Å². The first-order valence-electron chi connectivity index (χ1n) is 7.61. The Morgan fingerprint density at radius 1 is 1.05 bits per heavy atom. The summed E-state index contributed by atoms with van der Waals surface area (Å²) in [5, 5.41) is 3.66. The van der Waals surface area contributed by atoms with E-state index < -0.39 is 0 Å². The summed E-state index contributed by atoms with van der Waals surface area (Å²) < 4.78 is 10.8. The zero-order valence-corrected chi connectivity index (χ0v) is 12.0. The van der Waals surface area contributed by atoms with Crippen LogP contribution in [0.25, 0.3) is 0 Å². The Kier molecular flexibility index (Phi) is 3.18. The predicted octanol–water partition coefficient (Wildman–Crippen LogP) is 3.77. The lowest BCUT2D eigenvalue weighted by Crippen LogP contribution is -2.25. The van der Waals surface area contributed by atoms with Gasteiger partial charge in [0, 0.05) is 11.7 Å². The van der Waals surface area contributed by atoms with Crippen molar-refractivity contribution in [2.45, 2.75) is 31.7 Å². The largest absolute Gasteiger partial charge is 0.454 e. The quantitative estimate of drug-likeness (QED) is 0.929. The molecule has 0 fully saturated rings. The summed E-state index contributed by atoms with van der Waals surface area (Å²) in [7, 11) is 0. The van der Waals surface area contributed by atoms with Crippen LogP contribution in [-0.2, 0) is 12.8 Å². The average Bonchev–Trinajstić information content (AvgIpc) is 3.00. The Morgan fingerprint density at radius 2 is 1.95 bits per heavy atom. The van der Waals surface area contributed by atoms with Gasteiger partial charge in [-0.05, 0) is 55.0 Å². The molecule has 21 heavy (non-hydrogen) atoms. The molecule has 0 saturated heterocycles. The molecule has 0 spiro atoms. The lowest BCUT2D eigenvalue weighted by Gasteiger charge is -2.27. The zero-order chi connectivity index (χ0) is 14.1. The molecular weight excluding hydrogens is 262 g/mol. The van der Waals surface area contributed by atoms with E-state index >= 15 is 0 Å². The minimum Gasteiger partial charge on any atom is -0.454 e. The molecule has 2 aliphatic rings. The van der Waals surface area contributed by atoms with Crippen molar-refractivity contribution >= 4 is 5.69 Å². The standard InChI is InChI=1S/C18H19NO2/c1-2-4-16-14(3-1)7-9-15(19-16)8-5-13-6-10-17-18(11-13)21-12-20-17/h1-4,6,10-11,15,19H,5,7-9,12H2/t15-/m0/s1. The first-order valence-corrected chi connectivity index (χ1v) is 7.61. The second kappa shape index (κ2) is 5.32. The number of hydrogen-bond acceptors (Lipinski definition) is 3. The van der Waals surface area contributed by atoms with E-state index in [1.807, 2.05) is 6.07 Å². The van der Waals surface area contributed by atoms with Gasteiger partial charge in [0.05, 0.1) is 0 Å². The predicted molar refractivity (Wildman–Crippen MR) is 83.1 cm³/mol. The molecule has 108 valence electrons. The van der Waals surface area contributed by atoms with E-state index in [0.717, 1.165) is 24.3 Å². The lowest BCUT2D eigenvalue weighted by atomic mass is 9.94. The Morgan fingerprint density at radius 3 is 2.95 bits per heavy atom. The topological polar surface area (TPSA) is 30.5 Å². The molecule has 0 saturated carbocycles. The van der Waals surface area contributed by atoms with Crippen molar-refractivity contribution in [3.05, 3.63) is 53.6 Å². The zero-order valence-electron chi connectivity index (χ0n) is 12.0. The molecule has 2 aliphatic heterocycles. The second-order valence-corrected chi connectivity index (χ2v) is 5.76. The molecule has 0 radical (unpaired) electrons. The summed E-state index contributed by atoms with van der Waals surface area (Å²) in [6, 6.07) is 15.5. The fraction of sp³-hybridized carbons (Fsp3) is 0.333. The third-order valence-corrected chi connectivity index (χ3v) is 4.36. The van der Waals surface area contributed by atoms with Gasteiger partial charge in [-0.2, -0.15) is 0 Å². The molecule has 3 heteroatoms. The summed E-state index contributed by atoms with van der Waals surface area (Å²) >= 11 is 0. The maximum Gasteiger partial charge on any atom is 0.231 e. The van der Waals surface area contributed by atoms with Crippen molar-refractivity contribution in [1.29, 1.82) is 0 Å². The van der Waals surface area contributed by atoms with Crippen LogP contribution < -0.4 is 14.8 Å². The number of nitrogens with one attached hydrogen (secondary N) is 1. The lowest BCUT2D eigenvalue weighted by molar-refractivity contribution is 0.174. The number of aryl methyl sites for hydroxylation is 2. The Bertz CT molecular complexity index is 653. The fourth-order valence-electron chi connectivity index (χ4n) is 3.15. The maximum absolute atomic E-state index is 5.44. The molecular formula is C18H19NO2. The highest BCUT2D eigenvalue weighted by molar-refractivity contribution is 5.53. The van der Waals surface area contributed by atoms with Crippen LogP contribution in [0.1, 0.15) is 24.0 Å². The van der Waals surface area contributed by atoms with E-state index in [1.165, 1.54) is 29.7 Å². The molecule has 1 atom stereocenters. The van der Waals surface area contributed by atoms with Crippen LogP contribution in [0.5, 0.6) is 11.5 Å². The third kappa shape index (κ3) is 2.56. The molecule has 0 bridgehead atoms. The minimum atomic E-state index is 0.347. The van der Waals surface area contributed by atoms with Gasteiger partial charge in [-0.25, -0.2) is 0 Å². The van der Waals surface area contributed by atoms with Gasteiger partial charge in [0.25, 0.3) is 0 Å². The number of hydrogen-bond donors (Lipinski definition) is 1. The van der Waals surface area contributed by atoms with Gasteiger partial charge in [-0.3, -0.25) is 0 Å². The van der Waals surface area contributed by atoms with Crippen LogP contribution in [0.15, 0.2) is 42.5 Å². The van der Waals surface area contributed by atoms with Gasteiger partial charge in [-0.15, -0.1) is 0 Å². The van der Waals surface area contributed by atoms with Gasteiger partial charge >= 0.3 is 0 Å². The van der Waals surface area contributed by atoms with Crippen molar-refractivity contribution in [3.63, 3.8) is 0 Å². The van der Waals surface area contributed by atoms with E-state index in [-0.39, 0.29) is 0 Å². The van der Waals surface area contributed by atoms with E-state index in [4.69, 9.17) is 9.47 Å². The number of rotatable bonds is 3. The molecule has 0 aliphatic carbocycles. The molecule has 3 nitrogen and oxygen atoms in total. The monoisotopic (exact) mass is 281 g/mol. The number of para-hydroxylation sites is 1. The van der Waals surface area contributed by atoms with Crippen LogP contribution in [0.4, 0.5) is 5.69 Å². The normalized spacial score (nSPS) is 19.0. The van der Waals surface area contributed by atoms with E-state index in [9.17, 15) is 0 Å². The Hall–Kier alpha value is -2.16. The summed E-state index contributed by atoms with van der Waals surface area (Å²) in [5.74, 6) is 1.75. The van der Waals surface area contributed by atoms with E-state index in [1.54, 1.807) is 0 Å². The summed E-state index contributed by atoms with van der Waals surface area (Å²) in [5.41, 5.74) is 4.07. The van der Waals surface area contributed by atoms with Crippen molar-refractivity contribution in [3.8, 4) is 11.5 Å². The second-order valence-electron chi connectivity index (χ2n) is 5.76. The SMILES string of the molecule is c1ccc2c(c1)CC[C@H](CCc1ccc3c(c1)OCO3)N2. The molecule has 0 unspecified atom stereocenters. The Labute approximate surface area is 124 Å². The van der Waals surface area contributed by atoms with E-state index in [0.29, 0.717) is 12.8 Å². The van der Waals surface area contributed by atoms with E-state index in [2.05, 4.69) is 41.7 Å². The highest BCUT2D eigenvalue weighted by Crippen LogP contribution is 2.33. The van der Waals surface area contributed by atoms with Crippen molar-refractivity contribution < 1.29 is 9.47 Å². The van der Waals surface area contributed by atoms with Crippen LogP contribution in [0.3, 0.4) is 0 Å². The first-order chi connectivity index (χ1) is 10.4. The van der Waals surface area contributed by atoms with Crippen molar-refractivity contribution in [1.82, 2.24) is 0 Å². The Balaban J connectivity index is 1.39. The van der Waals surface area contributed by atoms with Crippen LogP contribution in [-0.4, -0.2) is 12.8 Å². The highest BCUT2D eigenvalue weighted by atomic mass is 16.7. The third-order valence-electron chi connectivity index (χ3n) is 4.36. The van der Waals surface area contributed by atoms with Gasteiger partial charge in [0.15, 0.2) is 11.5 Å². The summed E-state index contributed by atoms with van der Waals surface area (Å²) in [6.07, 6.45) is 4.60. The molecule has 2 heterocycles. The number of ether oxygens (including phenoxy) is 2. The van der Waals surface area contributed by atoms with Crippen LogP contribution in [0.2, 0.25) is 0 Å². The number of anilines is 1. The summed E-state index contributed by atoms with van der Waals surface area (Å²) in [4.78, 5) is 0. The molecule has 1 N–H and O–H groups in total. The molecule has 0 amide bonds. The average molecular weight is 281 g/mol. The number of benzene rings is 2. The smallest absolute Gasteiger partial charge is 0.231 e. The molecule has 4 rings (SSSR count). The van der Waals surface area contributed by atoms with Crippen molar-refractivity contribution in [2.75, 3.05) is 12.1 Å². The van der Waals surface area contributed by atoms with Crippen LogP contribution >= 0.6 is 0 Å². The van der Waals surface area contributed by atoms with Gasteiger partial charge in [0.1, 0.15) is 0 Å². The maximum atomic E-state index is 5.44. The van der Waals surface area contributed by atoms with Crippen LogP contribution in [0, 0.1) is 0 Å². The molecule has 2 aromatic carbocycles. The molecule has 2 aromatic rings. The highest BCUT2D eigenvalue weighted by Gasteiger charge is 2.18. The molecule has 0 aromatic heterocycles. The fourth-order valence-corrected chi connectivity index (χ4v) is 3.15. The number of fused-ring (bicyclic) bond motifs is 2. The van der Waals surface area contributed by atoms with Crippen molar-refractivity contribution in [2.24, 2.45) is 0 Å². The van der Waals surface area contributed by atoms with Gasteiger partial charge in [0.2, 0.25) is 6.79 Å². The minimum absolute atomic E-state index is 0.347.